The van der Waals surface area contributed by atoms with E-state index >= 15 is 0 Å². The Balaban J connectivity index is 2.15. The average Bonchev–Trinajstić information content (AvgIpc) is 2.92. The van der Waals surface area contributed by atoms with Crippen molar-refractivity contribution in [3.05, 3.63) is 52.2 Å². The molecule has 1 aliphatic heterocycles. The summed E-state index contributed by atoms with van der Waals surface area (Å²) in [6.45, 7) is 1.48. The molecule has 0 bridgehead atoms. The van der Waals surface area contributed by atoms with Gasteiger partial charge in [-0.05, 0) is 17.5 Å². The summed E-state index contributed by atoms with van der Waals surface area (Å²) >= 11 is 8.06. The molecule has 1 aliphatic rings. The van der Waals surface area contributed by atoms with Crippen molar-refractivity contribution in [1.82, 2.24) is 0 Å². The molecule has 19 heavy (non-hydrogen) atoms. The van der Waals surface area contributed by atoms with Gasteiger partial charge < -0.3 is 4.90 Å². The lowest BCUT2D eigenvalue weighted by Gasteiger charge is -2.27. The molecule has 3 rings (SSSR count). The van der Waals surface area contributed by atoms with Crippen molar-refractivity contribution in [3.63, 3.8) is 0 Å². The minimum Gasteiger partial charge on any atom is -0.372 e. The first-order valence-corrected chi connectivity index (χ1v) is 7.60. The molecule has 98 valence electrons. The maximum absolute atomic E-state index is 6.34. The normalized spacial score (nSPS) is 19.4. The zero-order valence-corrected chi connectivity index (χ0v) is 12.3. The van der Waals surface area contributed by atoms with Crippen LogP contribution >= 0.6 is 22.9 Å². The molecule has 0 spiro atoms. The number of thiophene rings is 1. The predicted molar refractivity (Wildman–Crippen MR) is 84.2 cm³/mol. The number of halogens is 1. The van der Waals surface area contributed by atoms with E-state index in [2.05, 4.69) is 53.7 Å². The van der Waals surface area contributed by atoms with Gasteiger partial charge in [0, 0.05) is 24.8 Å². The topological polar surface area (TPSA) is 15.6 Å². The molecule has 2 heterocycles. The van der Waals surface area contributed by atoms with Crippen molar-refractivity contribution >= 4 is 34.3 Å². The third-order valence-electron chi connectivity index (χ3n) is 3.24. The van der Waals surface area contributed by atoms with E-state index in [4.69, 9.17) is 16.6 Å². The van der Waals surface area contributed by atoms with Gasteiger partial charge in [-0.15, -0.1) is 22.9 Å². The fourth-order valence-corrected chi connectivity index (χ4v) is 3.38. The van der Waals surface area contributed by atoms with Crippen LogP contribution in [0.5, 0.6) is 0 Å². The predicted octanol–water partition coefficient (Wildman–Crippen LogP) is 3.64. The molecule has 0 radical (unpaired) electrons. The van der Waals surface area contributed by atoms with Crippen LogP contribution in [0.2, 0.25) is 0 Å². The highest BCUT2D eigenvalue weighted by atomic mass is 35.5. The Morgan fingerprint density at radius 3 is 2.89 bits per heavy atom. The molecule has 0 saturated carbocycles. The Kier molecular flexibility index (Phi) is 3.58. The number of hydrogen-bond acceptors (Lipinski definition) is 3. The molecule has 0 N–H and O–H groups in total. The number of hydrogen-bond donors (Lipinski definition) is 0. The molecule has 2 aromatic rings. The first-order chi connectivity index (χ1) is 9.25. The van der Waals surface area contributed by atoms with E-state index in [-0.39, 0.29) is 5.38 Å². The highest BCUT2D eigenvalue weighted by Gasteiger charge is 2.19. The van der Waals surface area contributed by atoms with Crippen LogP contribution < -0.4 is 4.90 Å². The standard InChI is InChI=1S/C15H15ClN2S/c1-18-10-11(16)9-17-15(14-7-4-8-19-14)12-5-2-3-6-13(12)18/h2-8,11H,9-10H2,1H3. The number of rotatable bonds is 1. The van der Waals surface area contributed by atoms with E-state index in [0.717, 1.165) is 12.3 Å². The Labute approximate surface area is 122 Å². The zero-order valence-electron chi connectivity index (χ0n) is 10.7. The number of fused-ring (bicyclic) bond motifs is 1. The summed E-state index contributed by atoms with van der Waals surface area (Å²) in [5, 5.41) is 2.13. The monoisotopic (exact) mass is 290 g/mol. The highest BCUT2D eigenvalue weighted by Crippen LogP contribution is 2.27. The van der Waals surface area contributed by atoms with Gasteiger partial charge >= 0.3 is 0 Å². The number of para-hydroxylation sites is 1. The molecule has 1 unspecified atom stereocenters. The number of aliphatic imine (C=N–C) groups is 1. The zero-order chi connectivity index (χ0) is 13.2. The van der Waals surface area contributed by atoms with Crippen LogP contribution in [-0.4, -0.2) is 31.2 Å². The van der Waals surface area contributed by atoms with Gasteiger partial charge in [0.2, 0.25) is 0 Å². The summed E-state index contributed by atoms with van der Waals surface area (Å²) in [5.74, 6) is 0. The summed E-state index contributed by atoms with van der Waals surface area (Å²) in [4.78, 5) is 8.17. The molecule has 0 aliphatic carbocycles. The minimum absolute atomic E-state index is 0.0494. The quantitative estimate of drug-likeness (QED) is 0.732. The molecule has 1 aromatic carbocycles. The Bertz CT molecular complexity index is 592. The van der Waals surface area contributed by atoms with E-state index in [1.165, 1.54) is 16.1 Å². The van der Waals surface area contributed by atoms with Crippen molar-refractivity contribution < 1.29 is 0 Å². The molecule has 4 heteroatoms. The molecule has 1 atom stereocenters. The number of benzene rings is 1. The van der Waals surface area contributed by atoms with Gasteiger partial charge in [0.15, 0.2) is 0 Å². The third kappa shape index (κ3) is 2.53. The number of anilines is 1. The average molecular weight is 291 g/mol. The summed E-state index contributed by atoms with van der Waals surface area (Å²) in [5.41, 5.74) is 3.44. The lowest BCUT2D eigenvalue weighted by Crippen LogP contribution is -2.31. The van der Waals surface area contributed by atoms with E-state index in [1.54, 1.807) is 11.3 Å². The minimum atomic E-state index is 0.0494. The Morgan fingerprint density at radius 2 is 2.11 bits per heavy atom. The van der Waals surface area contributed by atoms with E-state index in [0.29, 0.717) is 6.54 Å². The van der Waals surface area contributed by atoms with Gasteiger partial charge in [-0.3, -0.25) is 4.99 Å². The fourth-order valence-electron chi connectivity index (χ4n) is 2.36. The maximum Gasteiger partial charge on any atom is 0.0840 e. The van der Waals surface area contributed by atoms with Crippen molar-refractivity contribution in [1.29, 1.82) is 0 Å². The molecule has 0 amide bonds. The second kappa shape index (κ2) is 5.35. The van der Waals surface area contributed by atoms with Crippen LogP contribution in [0.3, 0.4) is 0 Å². The van der Waals surface area contributed by atoms with Gasteiger partial charge in [-0.25, -0.2) is 0 Å². The first kappa shape index (κ1) is 12.7. The maximum atomic E-state index is 6.34. The smallest absolute Gasteiger partial charge is 0.0840 e. The summed E-state index contributed by atoms with van der Waals surface area (Å²) < 4.78 is 0. The molecular weight excluding hydrogens is 276 g/mol. The number of nitrogens with zero attached hydrogens (tertiary/aromatic N) is 2. The molecule has 0 saturated heterocycles. The molecular formula is C15H15ClN2S. The first-order valence-electron chi connectivity index (χ1n) is 6.28. The van der Waals surface area contributed by atoms with Crippen LogP contribution in [0.15, 0.2) is 46.8 Å². The van der Waals surface area contributed by atoms with E-state index < -0.39 is 0 Å². The highest BCUT2D eigenvalue weighted by molar-refractivity contribution is 7.12. The van der Waals surface area contributed by atoms with Crippen LogP contribution in [0.1, 0.15) is 10.4 Å². The second-order valence-electron chi connectivity index (χ2n) is 4.66. The largest absolute Gasteiger partial charge is 0.372 e. The van der Waals surface area contributed by atoms with Crippen molar-refractivity contribution in [2.45, 2.75) is 5.38 Å². The molecule has 0 fully saturated rings. The van der Waals surface area contributed by atoms with Gasteiger partial charge in [-0.2, -0.15) is 0 Å². The Morgan fingerprint density at radius 1 is 1.26 bits per heavy atom. The third-order valence-corrected chi connectivity index (χ3v) is 4.40. The second-order valence-corrected chi connectivity index (χ2v) is 6.23. The van der Waals surface area contributed by atoms with Crippen LogP contribution in [-0.2, 0) is 0 Å². The van der Waals surface area contributed by atoms with Crippen molar-refractivity contribution in [2.24, 2.45) is 4.99 Å². The van der Waals surface area contributed by atoms with Crippen LogP contribution in [0, 0.1) is 0 Å². The van der Waals surface area contributed by atoms with Crippen molar-refractivity contribution in [3.8, 4) is 0 Å². The molecule has 1 aromatic heterocycles. The summed E-state index contributed by atoms with van der Waals surface area (Å²) in [7, 11) is 2.09. The summed E-state index contributed by atoms with van der Waals surface area (Å²) in [6, 6.07) is 12.6. The Hall–Kier alpha value is -1.32. The van der Waals surface area contributed by atoms with Gasteiger partial charge in [-0.1, -0.05) is 24.3 Å². The lowest BCUT2D eigenvalue weighted by molar-refractivity contribution is 0.798. The number of alkyl halides is 1. The molecule has 2 nitrogen and oxygen atoms in total. The van der Waals surface area contributed by atoms with Gasteiger partial charge in [0.25, 0.3) is 0 Å². The lowest BCUT2D eigenvalue weighted by atomic mass is 10.0. The van der Waals surface area contributed by atoms with Gasteiger partial charge in [0.1, 0.15) is 0 Å². The van der Waals surface area contributed by atoms with E-state index in [1.807, 2.05) is 0 Å². The van der Waals surface area contributed by atoms with Crippen molar-refractivity contribution in [2.75, 3.05) is 25.0 Å². The van der Waals surface area contributed by atoms with Crippen LogP contribution in [0.4, 0.5) is 5.69 Å². The van der Waals surface area contributed by atoms with Crippen LogP contribution in [0.25, 0.3) is 0 Å². The van der Waals surface area contributed by atoms with E-state index in [9.17, 15) is 0 Å². The summed E-state index contributed by atoms with van der Waals surface area (Å²) in [6.07, 6.45) is 0. The van der Waals surface area contributed by atoms with Gasteiger partial charge in [0.05, 0.1) is 22.5 Å². The fraction of sp³-hybridized carbons (Fsp3) is 0.267. The SMILES string of the molecule is CN1CC(Cl)CN=C(c2cccs2)c2ccccc21.